The van der Waals surface area contributed by atoms with E-state index in [-0.39, 0.29) is 0 Å². The van der Waals surface area contributed by atoms with Crippen molar-refractivity contribution in [1.29, 1.82) is 0 Å². The van der Waals surface area contributed by atoms with Crippen molar-refractivity contribution in [3.05, 3.63) is 48.7 Å². The van der Waals surface area contributed by atoms with E-state index >= 15 is 0 Å². The molecule has 0 fully saturated rings. The number of aliphatic hydroxyl groups is 2. The van der Waals surface area contributed by atoms with E-state index in [2.05, 4.69) is 28.5 Å². The molecule has 8 heteroatoms. The standard InChI is InChI=1S/C22H27N5O2S/c23-11-3-6-17(28)18(29)7-4-12-24-21-9-10-22-25-14-16(27(22)26-21)20-13-15-5-1-2-8-19(15)30-20/h1-2,5,8-10,13-14,17-18,28-29H,3-4,6-7,11-12,23H2,(H,24,26). The van der Waals surface area contributed by atoms with E-state index in [1.807, 2.05) is 35.0 Å². The highest BCUT2D eigenvalue weighted by Gasteiger charge is 2.15. The predicted molar refractivity (Wildman–Crippen MR) is 122 cm³/mol. The molecule has 7 nitrogen and oxygen atoms in total. The highest BCUT2D eigenvalue weighted by atomic mass is 32.1. The molecule has 0 amide bonds. The first-order valence-electron chi connectivity index (χ1n) is 10.3. The number of thiophene rings is 1. The van der Waals surface area contributed by atoms with Crippen molar-refractivity contribution in [2.24, 2.45) is 5.73 Å². The SMILES string of the molecule is NCCCC(O)C(O)CCCNc1ccc2ncc(-c3cc4ccccc4s3)n2n1. The number of aliphatic hydroxyl groups excluding tert-OH is 2. The fourth-order valence-electron chi connectivity index (χ4n) is 3.48. The van der Waals surface area contributed by atoms with Gasteiger partial charge in [-0.2, -0.15) is 0 Å². The lowest BCUT2D eigenvalue weighted by Gasteiger charge is -2.17. The molecule has 0 spiro atoms. The number of nitrogens with zero attached hydrogens (tertiary/aromatic N) is 3. The highest BCUT2D eigenvalue weighted by Crippen LogP contribution is 2.33. The zero-order chi connectivity index (χ0) is 20.9. The highest BCUT2D eigenvalue weighted by molar-refractivity contribution is 7.22. The zero-order valence-corrected chi connectivity index (χ0v) is 17.6. The molecule has 1 aromatic carbocycles. The molecule has 0 aliphatic rings. The Morgan fingerprint density at radius 2 is 1.87 bits per heavy atom. The molecule has 5 N–H and O–H groups in total. The van der Waals surface area contributed by atoms with Crippen molar-refractivity contribution in [3.63, 3.8) is 0 Å². The molecule has 2 unspecified atom stereocenters. The van der Waals surface area contributed by atoms with Crippen LogP contribution in [-0.2, 0) is 0 Å². The van der Waals surface area contributed by atoms with Crippen molar-refractivity contribution >= 4 is 32.9 Å². The van der Waals surface area contributed by atoms with Gasteiger partial charge in [-0.05, 0) is 61.9 Å². The molecule has 0 bridgehead atoms. The monoisotopic (exact) mass is 425 g/mol. The normalized spacial score (nSPS) is 13.7. The number of nitrogens with two attached hydrogens (primary N) is 1. The summed E-state index contributed by atoms with van der Waals surface area (Å²) >= 11 is 1.73. The number of anilines is 1. The van der Waals surface area contributed by atoms with Crippen molar-refractivity contribution in [2.75, 3.05) is 18.4 Å². The van der Waals surface area contributed by atoms with Gasteiger partial charge >= 0.3 is 0 Å². The minimum absolute atomic E-state index is 0.525. The van der Waals surface area contributed by atoms with Crippen LogP contribution in [-0.4, -0.2) is 50.1 Å². The maximum Gasteiger partial charge on any atom is 0.154 e. The van der Waals surface area contributed by atoms with E-state index in [9.17, 15) is 10.2 Å². The third-order valence-electron chi connectivity index (χ3n) is 5.17. The van der Waals surface area contributed by atoms with Gasteiger partial charge in [0.25, 0.3) is 0 Å². The van der Waals surface area contributed by atoms with Crippen LogP contribution in [0.2, 0.25) is 0 Å². The van der Waals surface area contributed by atoms with Gasteiger partial charge in [0.1, 0.15) is 11.5 Å². The number of aromatic nitrogens is 3. The van der Waals surface area contributed by atoms with Crippen molar-refractivity contribution < 1.29 is 10.2 Å². The maximum absolute atomic E-state index is 10.0. The number of benzene rings is 1. The van der Waals surface area contributed by atoms with Gasteiger partial charge in [0, 0.05) is 11.2 Å². The quantitative estimate of drug-likeness (QED) is 0.290. The van der Waals surface area contributed by atoms with Gasteiger partial charge in [0.15, 0.2) is 5.65 Å². The average molecular weight is 426 g/mol. The number of hydrogen-bond donors (Lipinski definition) is 4. The number of hydrogen-bond acceptors (Lipinski definition) is 7. The summed E-state index contributed by atoms with van der Waals surface area (Å²) in [6.45, 7) is 1.18. The van der Waals surface area contributed by atoms with Gasteiger partial charge in [-0.15, -0.1) is 16.4 Å². The molecule has 4 rings (SSSR count). The third-order valence-corrected chi connectivity index (χ3v) is 6.31. The molecule has 0 saturated heterocycles. The molecule has 3 aromatic heterocycles. The van der Waals surface area contributed by atoms with Crippen LogP contribution in [0.5, 0.6) is 0 Å². The molecule has 0 aliphatic carbocycles. The summed E-state index contributed by atoms with van der Waals surface area (Å²) in [5.74, 6) is 0.751. The summed E-state index contributed by atoms with van der Waals surface area (Å²) < 4.78 is 3.10. The van der Waals surface area contributed by atoms with Crippen molar-refractivity contribution in [3.8, 4) is 10.6 Å². The van der Waals surface area contributed by atoms with Gasteiger partial charge in [-0.3, -0.25) is 0 Å². The molecule has 0 radical (unpaired) electrons. The molecule has 2 atom stereocenters. The number of fused-ring (bicyclic) bond motifs is 2. The van der Waals surface area contributed by atoms with Crippen molar-refractivity contribution in [1.82, 2.24) is 14.6 Å². The van der Waals surface area contributed by atoms with Crippen LogP contribution in [0.3, 0.4) is 0 Å². The first-order chi connectivity index (χ1) is 14.7. The molecule has 3 heterocycles. The van der Waals surface area contributed by atoms with E-state index in [1.165, 1.54) is 10.1 Å². The molecule has 158 valence electrons. The van der Waals surface area contributed by atoms with Gasteiger partial charge in [0.2, 0.25) is 0 Å². The van der Waals surface area contributed by atoms with Gasteiger partial charge in [-0.25, -0.2) is 9.50 Å². The van der Waals surface area contributed by atoms with Crippen LogP contribution in [0.25, 0.3) is 26.3 Å². The Morgan fingerprint density at radius 1 is 1.07 bits per heavy atom. The second-order valence-electron chi connectivity index (χ2n) is 7.42. The lowest BCUT2D eigenvalue weighted by atomic mass is 10.0. The van der Waals surface area contributed by atoms with E-state index in [1.54, 1.807) is 11.3 Å². The van der Waals surface area contributed by atoms with Crippen molar-refractivity contribution in [2.45, 2.75) is 37.9 Å². The second kappa shape index (κ2) is 9.53. The van der Waals surface area contributed by atoms with Crippen LogP contribution < -0.4 is 11.1 Å². The van der Waals surface area contributed by atoms with Crippen LogP contribution in [0.15, 0.2) is 48.7 Å². The third kappa shape index (κ3) is 4.62. The first-order valence-corrected chi connectivity index (χ1v) is 11.1. The van der Waals surface area contributed by atoms with Crippen LogP contribution >= 0.6 is 11.3 Å². The molecular formula is C22H27N5O2S. The molecular weight excluding hydrogens is 398 g/mol. The van der Waals surface area contributed by atoms with Crippen LogP contribution in [0.4, 0.5) is 5.82 Å². The van der Waals surface area contributed by atoms with Crippen LogP contribution in [0, 0.1) is 0 Å². The Balaban J connectivity index is 1.40. The second-order valence-corrected chi connectivity index (χ2v) is 8.50. The summed E-state index contributed by atoms with van der Waals surface area (Å²) in [5, 5.41) is 29.2. The lowest BCUT2D eigenvalue weighted by Crippen LogP contribution is -2.27. The van der Waals surface area contributed by atoms with Gasteiger partial charge in [-0.1, -0.05) is 18.2 Å². The molecule has 4 aromatic rings. The summed E-state index contributed by atoms with van der Waals surface area (Å²) in [7, 11) is 0. The Kier molecular flexibility index (Phi) is 6.59. The van der Waals surface area contributed by atoms with E-state index in [0.29, 0.717) is 32.4 Å². The zero-order valence-electron chi connectivity index (χ0n) is 16.7. The topological polar surface area (TPSA) is 109 Å². The number of nitrogens with one attached hydrogen (secondary N) is 1. The largest absolute Gasteiger partial charge is 0.390 e. The Labute approximate surface area is 179 Å². The van der Waals surface area contributed by atoms with Gasteiger partial charge < -0.3 is 21.3 Å². The molecule has 0 saturated carbocycles. The van der Waals surface area contributed by atoms with E-state index in [4.69, 9.17) is 10.8 Å². The fourth-order valence-corrected chi connectivity index (χ4v) is 4.54. The first kappa shape index (κ1) is 20.7. The Morgan fingerprint density at radius 3 is 2.67 bits per heavy atom. The average Bonchev–Trinajstić information content (AvgIpc) is 3.38. The minimum Gasteiger partial charge on any atom is -0.390 e. The van der Waals surface area contributed by atoms with Gasteiger partial charge in [0.05, 0.1) is 23.3 Å². The Hall–Kier alpha value is -2.52. The van der Waals surface area contributed by atoms with E-state index in [0.717, 1.165) is 28.5 Å². The predicted octanol–water partition coefficient (Wildman–Crippen LogP) is 3.26. The number of rotatable bonds is 10. The number of imidazole rings is 1. The summed E-state index contributed by atoms with van der Waals surface area (Å²) in [5.41, 5.74) is 7.21. The molecule has 30 heavy (non-hydrogen) atoms. The summed E-state index contributed by atoms with van der Waals surface area (Å²) in [6.07, 6.45) is 2.93. The molecule has 0 aliphatic heterocycles. The minimum atomic E-state index is -0.720. The maximum atomic E-state index is 10.0. The van der Waals surface area contributed by atoms with Crippen LogP contribution in [0.1, 0.15) is 25.7 Å². The Bertz CT molecular complexity index is 1080. The lowest BCUT2D eigenvalue weighted by molar-refractivity contribution is 0.00868. The fraction of sp³-hybridized carbons (Fsp3) is 0.364. The summed E-state index contributed by atoms with van der Waals surface area (Å²) in [4.78, 5) is 5.61. The summed E-state index contributed by atoms with van der Waals surface area (Å²) in [6, 6.07) is 14.3. The smallest absolute Gasteiger partial charge is 0.154 e. The van der Waals surface area contributed by atoms with E-state index < -0.39 is 12.2 Å².